The molecule has 2 rings (SSSR count). The number of carbonyl (C=O) groups is 2. The molecule has 114 valence electrons. The summed E-state index contributed by atoms with van der Waals surface area (Å²) in [5, 5.41) is 12.1. The van der Waals surface area contributed by atoms with Crippen molar-refractivity contribution in [3.05, 3.63) is 0 Å². The van der Waals surface area contributed by atoms with Gasteiger partial charge in [0.1, 0.15) is 0 Å². The van der Waals surface area contributed by atoms with Gasteiger partial charge in [-0.25, -0.2) is 0 Å². The Morgan fingerprint density at radius 2 is 1.90 bits per heavy atom. The van der Waals surface area contributed by atoms with E-state index in [1.165, 1.54) is 0 Å². The molecule has 1 unspecified atom stereocenters. The van der Waals surface area contributed by atoms with E-state index in [9.17, 15) is 9.59 Å². The smallest absolute Gasteiger partial charge is 0.305 e. The Morgan fingerprint density at radius 1 is 1.15 bits per heavy atom. The Morgan fingerprint density at radius 3 is 2.50 bits per heavy atom. The second kappa shape index (κ2) is 7.07. The van der Waals surface area contributed by atoms with Gasteiger partial charge in [0.05, 0.1) is 24.5 Å². The third-order valence-electron chi connectivity index (χ3n) is 4.39. The zero-order chi connectivity index (χ0) is 14.4. The van der Waals surface area contributed by atoms with E-state index in [-0.39, 0.29) is 18.4 Å². The largest absolute Gasteiger partial charge is 0.481 e. The van der Waals surface area contributed by atoms with Crippen molar-refractivity contribution in [2.75, 3.05) is 6.61 Å². The van der Waals surface area contributed by atoms with E-state index in [1.807, 2.05) is 0 Å². The number of amides is 1. The van der Waals surface area contributed by atoms with Gasteiger partial charge in [-0.1, -0.05) is 19.3 Å². The lowest BCUT2D eigenvalue weighted by atomic mass is 9.79. The molecule has 0 aromatic heterocycles. The minimum Gasteiger partial charge on any atom is -0.481 e. The fourth-order valence-electron chi connectivity index (χ4n) is 3.39. The summed E-state index contributed by atoms with van der Waals surface area (Å²) in [5.74, 6) is -0.888. The molecule has 5 heteroatoms. The Labute approximate surface area is 120 Å². The van der Waals surface area contributed by atoms with Crippen LogP contribution >= 0.6 is 0 Å². The molecule has 20 heavy (non-hydrogen) atoms. The van der Waals surface area contributed by atoms with E-state index in [4.69, 9.17) is 9.84 Å². The van der Waals surface area contributed by atoms with Crippen molar-refractivity contribution in [3.8, 4) is 0 Å². The Hall–Kier alpha value is -1.10. The maximum Gasteiger partial charge on any atom is 0.305 e. The number of nitrogens with one attached hydrogen (secondary N) is 1. The first-order chi connectivity index (χ1) is 9.60. The summed E-state index contributed by atoms with van der Waals surface area (Å²) in [6.07, 6.45) is 8.18. The van der Waals surface area contributed by atoms with Crippen LogP contribution in [0.1, 0.15) is 64.2 Å². The van der Waals surface area contributed by atoms with Crippen LogP contribution in [-0.2, 0) is 14.3 Å². The van der Waals surface area contributed by atoms with Gasteiger partial charge >= 0.3 is 5.97 Å². The van der Waals surface area contributed by atoms with E-state index >= 15 is 0 Å². The first-order valence-corrected chi connectivity index (χ1v) is 7.74. The highest BCUT2D eigenvalue weighted by atomic mass is 16.5. The average Bonchev–Trinajstić information content (AvgIpc) is 2.39. The summed E-state index contributed by atoms with van der Waals surface area (Å²) < 4.78 is 5.57. The lowest BCUT2D eigenvalue weighted by Gasteiger charge is -2.37. The predicted octanol–water partition coefficient (Wildman–Crippen LogP) is 2.24. The number of aliphatic carboxylic acids is 1. The summed E-state index contributed by atoms with van der Waals surface area (Å²) in [6.45, 7) is 0.734. The number of ether oxygens (including phenoxy) is 1. The molecule has 2 N–H and O–H groups in total. The SMILES string of the molecule is O=C(O)CC1(NC(=O)CC2CCCCO2)CCCCC1. The predicted molar refractivity (Wildman–Crippen MR) is 74.4 cm³/mol. The van der Waals surface area contributed by atoms with Crippen molar-refractivity contribution in [1.29, 1.82) is 0 Å². The van der Waals surface area contributed by atoms with Crippen LogP contribution in [0.25, 0.3) is 0 Å². The summed E-state index contributed by atoms with van der Waals surface area (Å²) in [6, 6.07) is 0. The van der Waals surface area contributed by atoms with Crippen LogP contribution in [-0.4, -0.2) is 35.2 Å². The van der Waals surface area contributed by atoms with Crippen molar-refractivity contribution in [3.63, 3.8) is 0 Å². The Balaban J connectivity index is 1.89. The number of carboxylic acid groups (broad SMARTS) is 1. The van der Waals surface area contributed by atoms with Crippen LogP contribution < -0.4 is 5.32 Å². The molecule has 2 fully saturated rings. The molecule has 1 atom stereocenters. The molecule has 0 bridgehead atoms. The highest BCUT2D eigenvalue weighted by Gasteiger charge is 2.36. The highest BCUT2D eigenvalue weighted by molar-refractivity contribution is 5.78. The summed E-state index contributed by atoms with van der Waals surface area (Å²) in [4.78, 5) is 23.3. The van der Waals surface area contributed by atoms with Crippen LogP contribution in [0, 0.1) is 0 Å². The molecule has 0 aromatic rings. The van der Waals surface area contributed by atoms with Crippen LogP contribution in [0.4, 0.5) is 0 Å². The van der Waals surface area contributed by atoms with E-state index in [0.29, 0.717) is 6.42 Å². The zero-order valence-corrected chi connectivity index (χ0v) is 12.0. The fourth-order valence-corrected chi connectivity index (χ4v) is 3.39. The first kappa shape index (κ1) is 15.3. The maximum absolute atomic E-state index is 12.2. The standard InChI is InChI=1S/C15H25NO4/c17-13(10-12-6-2-5-9-20-12)16-15(11-14(18)19)7-3-1-4-8-15/h12H,1-11H2,(H,16,17)(H,18,19). The van der Waals surface area contributed by atoms with Crippen molar-refractivity contribution in [1.82, 2.24) is 5.32 Å². The zero-order valence-electron chi connectivity index (χ0n) is 12.0. The van der Waals surface area contributed by atoms with Crippen molar-refractivity contribution in [2.24, 2.45) is 0 Å². The molecule has 1 saturated heterocycles. The number of carbonyl (C=O) groups excluding carboxylic acids is 1. The van der Waals surface area contributed by atoms with Gasteiger partial charge in [-0.2, -0.15) is 0 Å². The Kier molecular flexibility index (Phi) is 5.40. The quantitative estimate of drug-likeness (QED) is 0.811. The van der Waals surface area contributed by atoms with Crippen molar-refractivity contribution in [2.45, 2.75) is 75.9 Å². The summed E-state index contributed by atoms with van der Waals surface area (Å²) >= 11 is 0. The highest BCUT2D eigenvalue weighted by Crippen LogP contribution is 2.31. The van der Waals surface area contributed by atoms with Gasteiger partial charge < -0.3 is 15.2 Å². The average molecular weight is 283 g/mol. The first-order valence-electron chi connectivity index (χ1n) is 7.74. The van der Waals surface area contributed by atoms with Gasteiger partial charge in [-0.05, 0) is 32.1 Å². The molecule has 1 aliphatic heterocycles. The van der Waals surface area contributed by atoms with Crippen LogP contribution in [0.2, 0.25) is 0 Å². The lowest BCUT2D eigenvalue weighted by Crippen LogP contribution is -2.51. The second-order valence-corrected chi connectivity index (χ2v) is 6.15. The minimum absolute atomic E-state index is 0.00854. The molecule has 0 aromatic carbocycles. The topological polar surface area (TPSA) is 75.6 Å². The molecule has 2 aliphatic rings. The van der Waals surface area contributed by atoms with Crippen molar-refractivity contribution < 1.29 is 19.4 Å². The lowest BCUT2D eigenvalue weighted by molar-refractivity contribution is -0.139. The number of carboxylic acids is 1. The molecular weight excluding hydrogens is 258 g/mol. The number of hydrogen-bond donors (Lipinski definition) is 2. The summed E-state index contributed by atoms with van der Waals surface area (Å²) in [5.41, 5.74) is -0.532. The Bertz CT molecular complexity index is 344. The van der Waals surface area contributed by atoms with Gasteiger partial charge in [-0.15, -0.1) is 0 Å². The van der Waals surface area contributed by atoms with E-state index in [0.717, 1.165) is 58.0 Å². The molecule has 1 aliphatic carbocycles. The molecule has 0 radical (unpaired) electrons. The summed E-state index contributed by atoms with van der Waals surface area (Å²) in [7, 11) is 0. The third-order valence-corrected chi connectivity index (χ3v) is 4.39. The van der Waals surface area contributed by atoms with Gasteiger partial charge in [0, 0.05) is 6.61 Å². The molecular formula is C15H25NO4. The molecule has 1 amide bonds. The minimum atomic E-state index is -0.832. The van der Waals surface area contributed by atoms with Crippen LogP contribution in [0.5, 0.6) is 0 Å². The van der Waals surface area contributed by atoms with Crippen molar-refractivity contribution >= 4 is 11.9 Å². The van der Waals surface area contributed by atoms with Crippen LogP contribution in [0.15, 0.2) is 0 Å². The molecule has 1 saturated carbocycles. The van der Waals surface area contributed by atoms with E-state index < -0.39 is 11.5 Å². The van der Waals surface area contributed by atoms with Gasteiger partial charge in [0.15, 0.2) is 0 Å². The van der Waals surface area contributed by atoms with Gasteiger partial charge in [0.2, 0.25) is 5.91 Å². The third kappa shape index (κ3) is 4.47. The maximum atomic E-state index is 12.2. The second-order valence-electron chi connectivity index (χ2n) is 6.15. The van der Waals surface area contributed by atoms with E-state index in [2.05, 4.69) is 5.32 Å². The number of rotatable bonds is 5. The number of hydrogen-bond acceptors (Lipinski definition) is 3. The molecule has 5 nitrogen and oxygen atoms in total. The normalized spacial score (nSPS) is 25.9. The van der Waals surface area contributed by atoms with E-state index in [1.54, 1.807) is 0 Å². The van der Waals surface area contributed by atoms with Crippen LogP contribution in [0.3, 0.4) is 0 Å². The van der Waals surface area contributed by atoms with Gasteiger partial charge in [-0.3, -0.25) is 9.59 Å². The molecule has 1 heterocycles. The fraction of sp³-hybridized carbons (Fsp3) is 0.867. The van der Waals surface area contributed by atoms with Gasteiger partial charge in [0.25, 0.3) is 0 Å². The monoisotopic (exact) mass is 283 g/mol. The molecule has 0 spiro atoms.